The van der Waals surface area contributed by atoms with Gasteiger partial charge in [-0.15, -0.1) is 0 Å². The normalized spacial score (nSPS) is 11.0. The molecule has 0 saturated heterocycles. The number of nitrogen functional groups attached to an aromatic ring is 1. The molecule has 24 heavy (non-hydrogen) atoms. The number of halogens is 3. The lowest BCUT2D eigenvalue weighted by Gasteiger charge is -2.12. The molecule has 3 N–H and O–H groups in total. The summed E-state index contributed by atoms with van der Waals surface area (Å²) in [5, 5.41) is 0.250. The molecular formula is C16H12ClF2N3O2. The summed E-state index contributed by atoms with van der Waals surface area (Å²) in [5.74, 6) is -2.57. The highest BCUT2D eigenvalue weighted by Crippen LogP contribution is 2.35. The first-order chi connectivity index (χ1) is 11.5. The molecular weight excluding hydrogens is 340 g/mol. The van der Waals surface area contributed by atoms with Crippen LogP contribution in [0.1, 0.15) is 17.4 Å². The summed E-state index contributed by atoms with van der Waals surface area (Å²) >= 11 is 5.88. The number of benzene rings is 1. The Morgan fingerprint density at radius 3 is 2.79 bits per heavy atom. The highest BCUT2D eigenvalue weighted by atomic mass is 35.5. The van der Waals surface area contributed by atoms with Crippen molar-refractivity contribution < 1.29 is 18.3 Å². The number of pyridine rings is 1. The van der Waals surface area contributed by atoms with E-state index in [2.05, 4.69) is 9.97 Å². The minimum Gasteiger partial charge on any atom is -0.461 e. The van der Waals surface area contributed by atoms with E-state index in [1.807, 2.05) is 0 Å². The Morgan fingerprint density at radius 2 is 2.08 bits per heavy atom. The lowest BCUT2D eigenvalue weighted by atomic mass is 10.1. The monoisotopic (exact) mass is 351 g/mol. The third-order valence-corrected chi connectivity index (χ3v) is 3.88. The number of anilines is 1. The third-order valence-electron chi connectivity index (χ3n) is 3.50. The van der Waals surface area contributed by atoms with Gasteiger partial charge in [0.2, 0.25) is 0 Å². The Morgan fingerprint density at radius 1 is 1.33 bits per heavy atom. The maximum atomic E-state index is 14.7. The molecule has 1 aromatic carbocycles. The first-order valence-corrected chi connectivity index (χ1v) is 7.41. The van der Waals surface area contributed by atoms with E-state index >= 15 is 0 Å². The van der Waals surface area contributed by atoms with E-state index in [0.717, 1.165) is 0 Å². The van der Waals surface area contributed by atoms with Gasteiger partial charge in [-0.05, 0) is 19.1 Å². The predicted molar refractivity (Wildman–Crippen MR) is 86.8 cm³/mol. The highest BCUT2D eigenvalue weighted by Gasteiger charge is 2.25. The lowest BCUT2D eigenvalue weighted by molar-refractivity contribution is 0.0520. The summed E-state index contributed by atoms with van der Waals surface area (Å²) in [7, 11) is 0. The van der Waals surface area contributed by atoms with Crippen molar-refractivity contribution in [3.05, 3.63) is 46.7 Å². The molecule has 5 nitrogen and oxygen atoms in total. The van der Waals surface area contributed by atoms with Gasteiger partial charge in [-0.25, -0.2) is 18.6 Å². The summed E-state index contributed by atoms with van der Waals surface area (Å²) < 4.78 is 34.0. The number of aromatic amines is 1. The molecule has 0 fully saturated rings. The van der Waals surface area contributed by atoms with Crippen molar-refractivity contribution in [2.45, 2.75) is 6.92 Å². The average Bonchev–Trinajstić information content (AvgIpc) is 3.04. The predicted octanol–water partition coefficient (Wildman–Crippen LogP) is 3.92. The van der Waals surface area contributed by atoms with Crippen LogP contribution in [0.5, 0.6) is 0 Å². The number of fused-ring (bicyclic) bond motifs is 1. The first kappa shape index (κ1) is 16.2. The van der Waals surface area contributed by atoms with E-state index in [4.69, 9.17) is 22.1 Å². The number of aromatic nitrogens is 2. The largest absolute Gasteiger partial charge is 0.461 e. The molecule has 0 radical (unpaired) electrons. The summed E-state index contributed by atoms with van der Waals surface area (Å²) in [4.78, 5) is 18.5. The standard InChI is InChI=1S/C16H12ClF2N3O2/c1-2-24-16(23)15-9(17)12(20)11(19)14(22-15)8-4-3-7-5-6-21-13(7)10(8)18/h3-6,21H,2H2,1H3,(H2,20,22). The number of ether oxygens (including phenoxy) is 1. The number of nitrogens with one attached hydrogen (secondary N) is 1. The Hall–Kier alpha value is -2.67. The van der Waals surface area contributed by atoms with Gasteiger partial charge >= 0.3 is 5.97 Å². The van der Waals surface area contributed by atoms with Crippen molar-refractivity contribution >= 4 is 34.2 Å². The van der Waals surface area contributed by atoms with Crippen molar-refractivity contribution in [1.29, 1.82) is 0 Å². The summed E-state index contributed by atoms with van der Waals surface area (Å²) in [5.41, 5.74) is 4.40. The molecule has 2 heterocycles. The van der Waals surface area contributed by atoms with E-state index in [1.165, 1.54) is 6.07 Å². The number of hydrogen-bond donors (Lipinski definition) is 2. The molecule has 0 aliphatic rings. The Bertz CT molecular complexity index is 956. The fourth-order valence-corrected chi connectivity index (χ4v) is 2.55. The molecule has 8 heteroatoms. The van der Waals surface area contributed by atoms with Crippen molar-refractivity contribution in [3.63, 3.8) is 0 Å². The number of hydrogen-bond acceptors (Lipinski definition) is 4. The van der Waals surface area contributed by atoms with Crippen molar-refractivity contribution in [2.75, 3.05) is 12.3 Å². The molecule has 0 aliphatic heterocycles. The number of carbonyl (C=O) groups is 1. The van der Waals surface area contributed by atoms with E-state index in [0.29, 0.717) is 5.39 Å². The zero-order valence-electron chi connectivity index (χ0n) is 12.5. The van der Waals surface area contributed by atoms with Crippen molar-refractivity contribution in [3.8, 4) is 11.3 Å². The van der Waals surface area contributed by atoms with Crippen LogP contribution in [0, 0.1) is 11.6 Å². The van der Waals surface area contributed by atoms with Crippen LogP contribution in [-0.2, 0) is 4.74 Å². The number of nitrogens with zero attached hydrogens (tertiary/aromatic N) is 1. The van der Waals surface area contributed by atoms with Crippen LogP contribution in [0.25, 0.3) is 22.2 Å². The van der Waals surface area contributed by atoms with E-state index in [9.17, 15) is 13.6 Å². The van der Waals surface area contributed by atoms with Crippen LogP contribution < -0.4 is 5.73 Å². The lowest BCUT2D eigenvalue weighted by Crippen LogP contribution is -2.12. The number of nitrogens with two attached hydrogens (primary N) is 1. The molecule has 0 unspecified atom stereocenters. The zero-order chi connectivity index (χ0) is 17.4. The Labute approximate surface area is 140 Å². The Balaban J connectivity index is 2.26. The highest BCUT2D eigenvalue weighted by molar-refractivity contribution is 6.35. The number of esters is 1. The minimum absolute atomic E-state index is 0.0756. The molecule has 3 aromatic rings. The Kier molecular flexibility index (Phi) is 4.11. The SMILES string of the molecule is CCOC(=O)c1nc(-c2ccc3cc[nH]c3c2F)c(F)c(N)c1Cl. The van der Waals surface area contributed by atoms with Gasteiger partial charge in [-0.2, -0.15) is 0 Å². The topological polar surface area (TPSA) is 81.0 Å². The van der Waals surface area contributed by atoms with Gasteiger partial charge in [0.1, 0.15) is 5.69 Å². The van der Waals surface area contributed by atoms with Crippen molar-refractivity contribution in [2.24, 2.45) is 0 Å². The quantitative estimate of drug-likeness (QED) is 0.701. The molecule has 0 bridgehead atoms. The van der Waals surface area contributed by atoms with Crippen LogP contribution in [0.2, 0.25) is 5.02 Å². The molecule has 0 aliphatic carbocycles. The second-order valence-corrected chi connectivity index (χ2v) is 5.32. The van der Waals surface area contributed by atoms with E-state index < -0.39 is 29.0 Å². The fourth-order valence-electron chi connectivity index (χ4n) is 2.35. The molecule has 124 valence electrons. The fraction of sp³-hybridized carbons (Fsp3) is 0.125. The van der Waals surface area contributed by atoms with E-state index in [1.54, 1.807) is 25.3 Å². The van der Waals surface area contributed by atoms with Gasteiger partial charge in [-0.3, -0.25) is 0 Å². The van der Waals surface area contributed by atoms with Crippen LogP contribution in [-0.4, -0.2) is 22.5 Å². The van der Waals surface area contributed by atoms with E-state index in [-0.39, 0.29) is 28.4 Å². The van der Waals surface area contributed by atoms with Crippen molar-refractivity contribution in [1.82, 2.24) is 9.97 Å². The molecule has 0 spiro atoms. The first-order valence-electron chi connectivity index (χ1n) is 7.03. The third kappa shape index (κ3) is 2.46. The maximum absolute atomic E-state index is 14.7. The number of rotatable bonds is 3. The van der Waals surface area contributed by atoms with Gasteiger partial charge in [-0.1, -0.05) is 17.7 Å². The molecule has 0 atom stereocenters. The van der Waals surface area contributed by atoms with Gasteiger partial charge in [0.15, 0.2) is 17.3 Å². The maximum Gasteiger partial charge on any atom is 0.358 e. The number of H-pyrrole nitrogens is 1. The average molecular weight is 352 g/mol. The molecule has 0 amide bonds. The van der Waals surface area contributed by atoms with Gasteiger partial charge < -0.3 is 15.5 Å². The molecule has 3 rings (SSSR count). The van der Waals surface area contributed by atoms with Crippen LogP contribution in [0.4, 0.5) is 14.5 Å². The minimum atomic E-state index is -1.00. The summed E-state index contributed by atoms with van der Waals surface area (Å²) in [6.45, 7) is 1.67. The second-order valence-electron chi connectivity index (χ2n) is 4.94. The van der Waals surface area contributed by atoms with Gasteiger partial charge in [0.25, 0.3) is 0 Å². The van der Waals surface area contributed by atoms with Gasteiger partial charge in [0.05, 0.1) is 22.8 Å². The zero-order valence-corrected chi connectivity index (χ0v) is 13.2. The van der Waals surface area contributed by atoms with Crippen LogP contribution >= 0.6 is 11.6 Å². The molecule has 0 saturated carbocycles. The van der Waals surface area contributed by atoms with Crippen LogP contribution in [0.15, 0.2) is 24.4 Å². The number of carbonyl (C=O) groups excluding carboxylic acids is 1. The van der Waals surface area contributed by atoms with Gasteiger partial charge in [0, 0.05) is 17.1 Å². The van der Waals surface area contributed by atoms with Crippen LogP contribution in [0.3, 0.4) is 0 Å². The smallest absolute Gasteiger partial charge is 0.358 e. The summed E-state index contributed by atoms with van der Waals surface area (Å²) in [6, 6.07) is 4.63. The second kappa shape index (κ2) is 6.09. The summed E-state index contributed by atoms with van der Waals surface area (Å²) in [6.07, 6.45) is 1.56. The molecule has 2 aromatic heterocycles.